The Kier molecular flexibility index (Phi) is 5.58. The molecule has 0 unspecified atom stereocenters. The molecule has 0 spiro atoms. The van der Waals surface area contributed by atoms with Gasteiger partial charge >= 0.3 is 0 Å². The maximum atomic E-state index is 12.7. The number of nitrogens with one attached hydrogen (secondary N) is 1. The van der Waals surface area contributed by atoms with E-state index in [0.29, 0.717) is 0 Å². The van der Waals surface area contributed by atoms with E-state index in [9.17, 15) is 9.59 Å². The second kappa shape index (κ2) is 7.87. The van der Waals surface area contributed by atoms with E-state index in [1.54, 1.807) is 7.11 Å². The Morgan fingerprint density at radius 2 is 2.04 bits per heavy atom. The van der Waals surface area contributed by atoms with Gasteiger partial charge in [-0.25, -0.2) is 0 Å². The van der Waals surface area contributed by atoms with Crippen molar-refractivity contribution < 1.29 is 14.3 Å². The molecule has 1 aromatic rings. The van der Waals surface area contributed by atoms with E-state index < -0.39 is 0 Å². The maximum absolute atomic E-state index is 12.7. The van der Waals surface area contributed by atoms with Gasteiger partial charge in [-0.2, -0.15) is 0 Å². The summed E-state index contributed by atoms with van der Waals surface area (Å²) in [5.41, 5.74) is 7.72. The minimum Gasteiger partial charge on any atom is -0.497 e. The maximum Gasteiger partial charge on any atom is 0.231 e. The van der Waals surface area contributed by atoms with E-state index in [4.69, 9.17) is 10.5 Å². The first-order valence-corrected chi connectivity index (χ1v) is 9.04. The van der Waals surface area contributed by atoms with Crippen LogP contribution < -0.4 is 15.8 Å². The molecule has 1 atom stereocenters. The van der Waals surface area contributed by atoms with Crippen molar-refractivity contribution >= 4 is 11.8 Å². The van der Waals surface area contributed by atoms with Crippen LogP contribution in [0, 0.1) is 5.92 Å². The summed E-state index contributed by atoms with van der Waals surface area (Å²) in [4.78, 5) is 25.7. The van der Waals surface area contributed by atoms with Crippen LogP contribution in [0.3, 0.4) is 0 Å². The lowest BCUT2D eigenvalue weighted by atomic mass is 9.86. The number of hydrogen-bond acceptors (Lipinski definition) is 4. The molecule has 6 nitrogen and oxygen atoms in total. The molecule has 1 heterocycles. The lowest BCUT2D eigenvalue weighted by molar-refractivity contribution is -0.127. The number of primary amides is 1. The summed E-state index contributed by atoms with van der Waals surface area (Å²) in [5.74, 6) is 0.713. The van der Waals surface area contributed by atoms with Crippen molar-refractivity contribution in [2.45, 2.75) is 38.1 Å². The number of nitrogens with two attached hydrogens (primary N) is 1. The normalized spacial score (nSPS) is 21.4. The number of benzene rings is 1. The molecule has 0 radical (unpaired) electrons. The van der Waals surface area contributed by atoms with Crippen molar-refractivity contribution in [1.82, 2.24) is 10.2 Å². The number of aryl methyl sites for hydroxylation is 1. The summed E-state index contributed by atoms with van der Waals surface area (Å²) >= 11 is 0. The van der Waals surface area contributed by atoms with Crippen molar-refractivity contribution in [2.24, 2.45) is 11.7 Å². The molecule has 136 valence electrons. The molecule has 3 rings (SSSR count). The average Bonchev–Trinajstić information content (AvgIpc) is 2.61. The monoisotopic (exact) mass is 345 g/mol. The van der Waals surface area contributed by atoms with Gasteiger partial charge in [0.2, 0.25) is 11.8 Å². The zero-order valence-corrected chi connectivity index (χ0v) is 14.8. The van der Waals surface area contributed by atoms with Gasteiger partial charge in [0.1, 0.15) is 5.75 Å². The molecule has 25 heavy (non-hydrogen) atoms. The van der Waals surface area contributed by atoms with Crippen LogP contribution >= 0.6 is 0 Å². The fraction of sp³-hybridized carbons (Fsp3) is 0.579. The fourth-order valence-corrected chi connectivity index (χ4v) is 3.93. The number of carbonyl (C=O) groups excluding carboxylic acids is 2. The summed E-state index contributed by atoms with van der Waals surface area (Å²) in [5, 5.41) is 3.25. The van der Waals surface area contributed by atoms with Crippen molar-refractivity contribution in [3.63, 3.8) is 0 Å². The highest BCUT2D eigenvalue weighted by Crippen LogP contribution is 2.32. The second-order valence-electron chi connectivity index (χ2n) is 7.03. The summed E-state index contributed by atoms with van der Waals surface area (Å²) in [6, 6.07) is 6.21. The third kappa shape index (κ3) is 4.31. The van der Waals surface area contributed by atoms with Gasteiger partial charge in [0.25, 0.3) is 0 Å². The Labute approximate surface area is 148 Å². The highest BCUT2D eigenvalue weighted by atomic mass is 16.5. The number of hydrogen-bond donors (Lipinski definition) is 2. The molecule has 0 saturated carbocycles. The quantitative estimate of drug-likeness (QED) is 0.844. The van der Waals surface area contributed by atoms with Crippen LogP contribution in [-0.4, -0.2) is 43.5 Å². The molecular weight excluding hydrogens is 318 g/mol. The van der Waals surface area contributed by atoms with Crippen LogP contribution in [0.5, 0.6) is 5.75 Å². The highest BCUT2D eigenvalue weighted by Gasteiger charge is 2.29. The Balaban J connectivity index is 1.58. The average molecular weight is 345 g/mol. The molecule has 0 bridgehead atoms. The largest absolute Gasteiger partial charge is 0.497 e. The van der Waals surface area contributed by atoms with Gasteiger partial charge in [0, 0.05) is 5.92 Å². The van der Waals surface area contributed by atoms with Gasteiger partial charge in [-0.05, 0) is 68.5 Å². The Morgan fingerprint density at radius 3 is 2.72 bits per heavy atom. The van der Waals surface area contributed by atoms with Crippen molar-refractivity contribution in [2.75, 3.05) is 26.7 Å². The first-order valence-electron chi connectivity index (χ1n) is 9.04. The third-order valence-corrected chi connectivity index (χ3v) is 5.32. The summed E-state index contributed by atoms with van der Waals surface area (Å²) < 4.78 is 5.30. The number of methoxy groups -OCH3 is 1. The zero-order chi connectivity index (χ0) is 17.8. The standard InChI is InChI=1S/C19H27N3O3/c1-25-15-5-6-16-14(11-15)3-2-4-17(16)21-19(24)13-7-9-22(10-8-13)12-18(20)23/h5-6,11,13,17H,2-4,7-10,12H2,1H3,(H2,20,23)(H,21,24)/t17-/m1/s1. The SMILES string of the molecule is COc1ccc2c(c1)CCC[C@H]2NC(=O)C1CCN(CC(N)=O)CC1. The Morgan fingerprint density at radius 1 is 1.28 bits per heavy atom. The van der Waals surface area contributed by atoms with E-state index in [1.165, 1.54) is 11.1 Å². The molecule has 2 amide bonds. The van der Waals surface area contributed by atoms with Gasteiger partial charge in [-0.3, -0.25) is 14.5 Å². The summed E-state index contributed by atoms with van der Waals surface area (Å²) in [6.07, 6.45) is 4.64. The van der Waals surface area contributed by atoms with E-state index in [0.717, 1.165) is 50.9 Å². The van der Waals surface area contributed by atoms with Crippen molar-refractivity contribution in [3.8, 4) is 5.75 Å². The Hall–Kier alpha value is -2.08. The van der Waals surface area contributed by atoms with Crippen LogP contribution in [0.1, 0.15) is 42.9 Å². The predicted molar refractivity (Wildman–Crippen MR) is 95.2 cm³/mol. The summed E-state index contributed by atoms with van der Waals surface area (Å²) in [6.45, 7) is 1.78. The molecule has 0 aromatic heterocycles. The predicted octanol–water partition coefficient (Wildman–Crippen LogP) is 1.39. The van der Waals surface area contributed by atoms with E-state index in [1.807, 2.05) is 11.0 Å². The first-order chi connectivity index (χ1) is 12.1. The van der Waals surface area contributed by atoms with E-state index >= 15 is 0 Å². The fourth-order valence-electron chi connectivity index (χ4n) is 3.93. The minimum absolute atomic E-state index is 0.0211. The van der Waals surface area contributed by atoms with Crippen molar-refractivity contribution in [1.29, 1.82) is 0 Å². The number of fused-ring (bicyclic) bond motifs is 1. The molecule has 3 N–H and O–H groups in total. The number of amides is 2. The van der Waals surface area contributed by atoms with Crippen LogP contribution in [0.2, 0.25) is 0 Å². The lowest BCUT2D eigenvalue weighted by Gasteiger charge is -2.32. The van der Waals surface area contributed by atoms with Gasteiger partial charge in [-0.15, -0.1) is 0 Å². The number of piperidine rings is 1. The smallest absolute Gasteiger partial charge is 0.231 e. The first kappa shape index (κ1) is 17.7. The number of ether oxygens (including phenoxy) is 1. The number of carbonyl (C=O) groups is 2. The molecule has 1 aromatic carbocycles. The van der Waals surface area contributed by atoms with E-state index in [-0.39, 0.29) is 30.3 Å². The second-order valence-corrected chi connectivity index (χ2v) is 7.03. The molecule has 6 heteroatoms. The number of rotatable bonds is 5. The van der Waals surface area contributed by atoms with Crippen LogP contribution in [-0.2, 0) is 16.0 Å². The molecule has 1 aliphatic carbocycles. The van der Waals surface area contributed by atoms with Gasteiger partial charge < -0.3 is 15.8 Å². The molecular formula is C19H27N3O3. The van der Waals surface area contributed by atoms with Crippen molar-refractivity contribution in [3.05, 3.63) is 29.3 Å². The highest BCUT2D eigenvalue weighted by molar-refractivity contribution is 5.79. The summed E-state index contributed by atoms with van der Waals surface area (Å²) in [7, 11) is 1.68. The molecule has 2 aliphatic rings. The zero-order valence-electron chi connectivity index (χ0n) is 14.8. The van der Waals surface area contributed by atoms with Crippen LogP contribution in [0.15, 0.2) is 18.2 Å². The van der Waals surface area contributed by atoms with E-state index in [2.05, 4.69) is 17.4 Å². The van der Waals surface area contributed by atoms with Gasteiger partial charge in [0.05, 0.1) is 19.7 Å². The Bertz CT molecular complexity index is 639. The number of nitrogens with zero attached hydrogens (tertiary/aromatic N) is 1. The molecule has 1 saturated heterocycles. The van der Waals surface area contributed by atoms with Crippen LogP contribution in [0.4, 0.5) is 0 Å². The molecule has 1 aliphatic heterocycles. The van der Waals surface area contributed by atoms with Gasteiger partial charge in [0.15, 0.2) is 0 Å². The van der Waals surface area contributed by atoms with Gasteiger partial charge in [-0.1, -0.05) is 6.07 Å². The lowest BCUT2D eigenvalue weighted by Crippen LogP contribution is -2.44. The topological polar surface area (TPSA) is 84.7 Å². The minimum atomic E-state index is -0.308. The molecule has 1 fully saturated rings. The number of likely N-dealkylation sites (tertiary alicyclic amines) is 1. The van der Waals surface area contributed by atoms with Crippen LogP contribution in [0.25, 0.3) is 0 Å². The third-order valence-electron chi connectivity index (χ3n) is 5.32.